The zero-order chi connectivity index (χ0) is 13.9. The van der Waals surface area contributed by atoms with E-state index in [2.05, 4.69) is 18.2 Å². The molecule has 2 heterocycles. The number of fused-ring (bicyclic) bond motifs is 1. The maximum Gasteiger partial charge on any atom is 0.236 e. The monoisotopic (exact) mass is 290 g/mol. The summed E-state index contributed by atoms with van der Waals surface area (Å²) in [6.45, 7) is 1.33. The second-order valence-corrected chi connectivity index (χ2v) is 6.90. The number of nitrogens with two attached hydrogens (primary N) is 1. The van der Waals surface area contributed by atoms with Crippen molar-refractivity contribution in [1.29, 1.82) is 0 Å². The maximum atomic E-state index is 12.8. The van der Waals surface area contributed by atoms with E-state index in [1.807, 2.05) is 22.7 Å². The maximum absolute atomic E-state index is 12.8. The molecular formula is C16H22N2OS. The predicted molar refractivity (Wildman–Crippen MR) is 83.8 cm³/mol. The number of amides is 1. The number of thioether (sulfide) groups is 1. The summed E-state index contributed by atoms with van der Waals surface area (Å²) >= 11 is 1.83. The third kappa shape index (κ3) is 2.59. The van der Waals surface area contributed by atoms with Crippen LogP contribution in [0.1, 0.15) is 36.4 Å². The van der Waals surface area contributed by atoms with Crippen LogP contribution in [0, 0.1) is 0 Å². The molecular weight excluding hydrogens is 268 g/mol. The van der Waals surface area contributed by atoms with Gasteiger partial charge in [-0.2, -0.15) is 0 Å². The van der Waals surface area contributed by atoms with Crippen LogP contribution in [0.2, 0.25) is 0 Å². The SMILES string of the molecule is NCC1c2ccccc2CCN1C(=O)C1CCCCS1. The van der Waals surface area contributed by atoms with Gasteiger partial charge in [0.1, 0.15) is 0 Å². The van der Waals surface area contributed by atoms with Crippen molar-refractivity contribution < 1.29 is 4.79 Å². The summed E-state index contributed by atoms with van der Waals surface area (Å²) in [6.07, 6.45) is 4.41. The summed E-state index contributed by atoms with van der Waals surface area (Å²) in [5.41, 5.74) is 8.57. The molecule has 4 heteroatoms. The van der Waals surface area contributed by atoms with Crippen molar-refractivity contribution in [1.82, 2.24) is 4.90 Å². The van der Waals surface area contributed by atoms with Crippen LogP contribution in [-0.2, 0) is 11.2 Å². The molecule has 20 heavy (non-hydrogen) atoms. The number of benzene rings is 1. The number of nitrogens with zero attached hydrogens (tertiary/aromatic N) is 1. The van der Waals surface area contributed by atoms with Crippen LogP contribution in [0.15, 0.2) is 24.3 Å². The van der Waals surface area contributed by atoms with Crippen molar-refractivity contribution in [3.63, 3.8) is 0 Å². The summed E-state index contributed by atoms with van der Waals surface area (Å²) in [7, 11) is 0. The van der Waals surface area contributed by atoms with Crippen LogP contribution < -0.4 is 5.73 Å². The Bertz CT molecular complexity index is 485. The van der Waals surface area contributed by atoms with E-state index < -0.39 is 0 Å². The van der Waals surface area contributed by atoms with E-state index >= 15 is 0 Å². The lowest BCUT2D eigenvalue weighted by Gasteiger charge is -2.39. The van der Waals surface area contributed by atoms with E-state index in [0.29, 0.717) is 12.5 Å². The quantitative estimate of drug-likeness (QED) is 0.909. The van der Waals surface area contributed by atoms with Crippen LogP contribution >= 0.6 is 11.8 Å². The fraction of sp³-hybridized carbons (Fsp3) is 0.562. The van der Waals surface area contributed by atoms with Crippen molar-refractivity contribution >= 4 is 17.7 Å². The molecule has 0 saturated carbocycles. The lowest BCUT2D eigenvalue weighted by atomic mass is 9.92. The molecule has 1 aromatic rings. The highest BCUT2D eigenvalue weighted by Gasteiger charge is 2.34. The Labute approximate surface area is 124 Å². The second kappa shape index (κ2) is 6.19. The first-order valence-corrected chi connectivity index (χ1v) is 8.56. The minimum Gasteiger partial charge on any atom is -0.333 e. The number of rotatable bonds is 2. The van der Waals surface area contributed by atoms with Gasteiger partial charge in [0.2, 0.25) is 5.91 Å². The van der Waals surface area contributed by atoms with E-state index in [9.17, 15) is 4.79 Å². The first-order valence-electron chi connectivity index (χ1n) is 7.51. The Kier molecular flexibility index (Phi) is 4.32. The molecule has 2 aliphatic rings. The van der Waals surface area contributed by atoms with E-state index in [1.165, 1.54) is 24.0 Å². The van der Waals surface area contributed by atoms with Gasteiger partial charge < -0.3 is 10.6 Å². The van der Waals surface area contributed by atoms with Crippen LogP contribution in [0.25, 0.3) is 0 Å². The molecule has 0 spiro atoms. The summed E-state index contributed by atoms with van der Waals surface area (Å²) in [6, 6.07) is 8.47. The zero-order valence-corrected chi connectivity index (χ0v) is 12.6. The predicted octanol–water partition coefficient (Wildman–Crippen LogP) is 2.36. The van der Waals surface area contributed by atoms with Gasteiger partial charge in [0.05, 0.1) is 11.3 Å². The van der Waals surface area contributed by atoms with Crippen molar-refractivity contribution in [2.45, 2.75) is 37.0 Å². The average molecular weight is 290 g/mol. The molecule has 2 atom stereocenters. The highest BCUT2D eigenvalue weighted by molar-refractivity contribution is 8.00. The molecule has 1 aromatic carbocycles. The normalized spacial score (nSPS) is 26.1. The van der Waals surface area contributed by atoms with E-state index in [0.717, 1.165) is 25.1 Å². The molecule has 3 nitrogen and oxygen atoms in total. The molecule has 1 saturated heterocycles. The highest BCUT2D eigenvalue weighted by Crippen LogP contribution is 2.33. The van der Waals surface area contributed by atoms with Gasteiger partial charge in [-0.05, 0) is 36.1 Å². The summed E-state index contributed by atoms with van der Waals surface area (Å²) in [4.78, 5) is 14.8. The molecule has 2 unspecified atom stereocenters. The number of hydrogen-bond donors (Lipinski definition) is 1. The standard InChI is InChI=1S/C16H22N2OS/c17-11-14-13-6-2-1-5-12(13)8-9-18(14)16(19)15-7-3-4-10-20-15/h1-2,5-6,14-15H,3-4,7-11,17H2. The molecule has 1 amide bonds. The van der Waals surface area contributed by atoms with Gasteiger partial charge in [0, 0.05) is 13.1 Å². The molecule has 0 bridgehead atoms. The number of carbonyl (C=O) groups is 1. The fourth-order valence-corrected chi connectivity index (χ4v) is 4.56. The largest absolute Gasteiger partial charge is 0.333 e. The van der Waals surface area contributed by atoms with Crippen LogP contribution in [0.5, 0.6) is 0 Å². The lowest BCUT2D eigenvalue weighted by Crippen LogP contribution is -2.47. The van der Waals surface area contributed by atoms with E-state index in [4.69, 9.17) is 5.73 Å². The highest BCUT2D eigenvalue weighted by atomic mass is 32.2. The minimum atomic E-state index is 0.0648. The first kappa shape index (κ1) is 14.0. The fourth-order valence-electron chi connectivity index (χ4n) is 3.29. The van der Waals surface area contributed by atoms with Gasteiger partial charge in [-0.25, -0.2) is 0 Å². The Morgan fingerprint density at radius 3 is 2.95 bits per heavy atom. The van der Waals surface area contributed by atoms with Gasteiger partial charge in [-0.3, -0.25) is 4.79 Å². The first-order chi connectivity index (χ1) is 9.81. The third-order valence-corrected chi connectivity index (χ3v) is 5.74. The Balaban J connectivity index is 1.81. The van der Waals surface area contributed by atoms with Gasteiger partial charge in [0.15, 0.2) is 0 Å². The third-order valence-electron chi connectivity index (χ3n) is 4.37. The van der Waals surface area contributed by atoms with Gasteiger partial charge in [0.25, 0.3) is 0 Å². The molecule has 3 rings (SSSR count). The van der Waals surface area contributed by atoms with Crippen LogP contribution in [0.4, 0.5) is 0 Å². The molecule has 1 fully saturated rings. The van der Waals surface area contributed by atoms with Gasteiger partial charge >= 0.3 is 0 Å². The topological polar surface area (TPSA) is 46.3 Å². The zero-order valence-electron chi connectivity index (χ0n) is 11.8. The smallest absolute Gasteiger partial charge is 0.236 e. The number of carbonyl (C=O) groups excluding carboxylic acids is 1. The summed E-state index contributed by atoms with van der Waals surface area (Å²) in [5, 5.41) is 0.156. The molecule has 0 aliphatic carbocycles. The van der Waals surface area contributed by atoms with Crippen LogP contribution in [0.3, 0.4) is 0 Å². The van der Waals surface area contributed by atoms with Crippen molar-refractivity contribution in [3.8, 4) is 0 Å². The Morgan fingerprint density at radius 2 is 2.20 bits per heavy atom. The second-order valence-electron chi connectivity index (χ2n) is 5.59. The van der Waals surface area contributed by atoms with Crippen LogP contribution in [-0.4, -0.2) is 34.9 Å². The molecule has 0 radical (unpaired) electrons. The number of hydrogen-bond acceptors (Lipinski definition) is 3. The molecule has 108 valence electrons. The lowest BCUT2D eigenvalue weighted by molar-refractivity contribution is -0.133. The van der Waals surface area contributed by atoms with Crippen molar-refractivity contribution in [2.75, 3.05) is 18.8 Å². The average Bonchev–Trinajstić information content (AvgIpc) is 2.54. The summed E-state index contributed by atoms with van der Waals surface area (Å²) in [5.74, 6) is 1.42. The molecule has 2 N–H and O–H groups in total. The minimum absolute atomic E-state index is 0.0648. The van der Waals surface area contributed by atoms with Gasteiger partial charge in [-0.15, -0.1) is 11.8 Å². The Morgan fingerprint density at radius 1 is 1.35 bits per heavy atom. The summed E-state index contributed by atoms with van der Waals surface area (Å²) < 4.78 is 0. The van der Waals surface area contributed by atoms with E-state index in [1.54, 1.807) is 0 Å². The molecule has 2 aliphatic heterocycles. The molecule has 0 aromatic heterocycles. The Hall–Kier alpha value is -1.000. The van der Waals surface area contributed by atoms with Crippen molar-refractivity contribution in [2.24, 2.45) is 5.73 Å². The van der Waals surface area contributed by atoms with Crippen molar-refractivity contribution in [3.05, 3.63) is 35.4 Å². The van der Waals surface area contributed by atoms with E-state index in [-0.39, 0.29) is 11.3 Å². The van der Waals surface area contributed by atoms with Gasteiger partial charge in [-0.1, -0.05) is 30.7 Å².